The topological polar surface area (TPSA) is 32.3 Å². The van der Waals surface area contributed by atoms with E-state index in [2.05, 4.69) is 10.2 Å². The molecule has 0 spiro atoms. The molecule has 1 amide bonds. The van der Waals surface area contributed by atoms with Crippen molar-refractivity contribution >= 4 is 11.6 Å². The van der Waals surface area contributed by atoms with Gasteiger partial charge in [0.05, 0.1) is 0 Å². The molecule has 2 aromatic carbocycles. The van der Waals surface area contributed by atoms with Crippen molar-refractivity contribution in [1.82, 2.24) is 4.90 Å². The molecule has 1 N–H and O–H groups in total. The van der Waals surface area contributed by atoms with Crippen LogP contribution < -0.4 is 5.32 Å². The van der Waals surface area contributed by atoms with Gasteiger partial charge in [0.2, 0.25) is 0 Å². The molecule has 4 heteroatoms. The largest absolute Gasteiger partial charge is 0.322 e. The monoisotopic (exact) mass is 272 g/mol. The molecule has 0 aromatic heterocycles. The summed E-state index contributed by atoms with van der Waals surface area (Å²) in [6, 6.07) is 13.2. The van der Waals surface area contributed by atoms with Gasteiger partial charge in [-0.15, -0.1) is 0 Å². The van der Waals surface area contributed by atoms with Crippen LogP contribution in [0, 0.1) is 5.82 Å². The second-order valence-electron chi connectivity index (χ2n) is 4.90. The van der Waals surface area contributed by atoms with E-state index in [9.17, 15) is 9.18 Å². The predicted octanol–water partition coefficient (Wildman–Crippen LogP) is 3.14. The predicted molar refractivity (Wildman–Crippen MR) is 78.2 cm³/mol. The van der Waals surface area contributed by atoms with Gasteiger partial charge in [-0.2, -0.15) is 0 Å². The Morgan fingerprint density at radius 2 is 1.85 bits per heavy atom. The number of carbonyl (C=O) groups is 1. The van der Waals surface area contributed by atoms with Crippen molar-refractivity contribution in [3.05, 3.63) is 65.5 Å². The smallest absolute Gasteiger partial charge is 0.255 e. The number of benzene rings is 2. The van der Waals surface area contributed by atoms with Crippen molar-refractivity contribution in [3.63, 3.8) is 0 Å². The lowest BCUT2D eigenvalue weighted by molar-refractivity contribution is 0.102. The Labute approximate surface area is 118 Å². The fraction of sp³-hybridized carbons (Fsp3) is 0.188. The van der Waals surface area contributed by atoms with E-state index < -0.39 is 5.82 Å². The third-order valence-corrected chi connectivity index (χ3v) is 2.80. The van der Waals surface area contributed by atoms with Crippen LogP contribution in [-0.4, -0.2) is 24.9 Å². The minimum absolute atomic E-state index is 0.308. The van der Waals surface area contributed by atoms with Gasteiger partial charge in [-0.25, -0.2) is 4.39 Å². The van der Waals surface area contributed by atoms with Crippen LogP contribution in [0.3, 0.4) is 0 Å². The van der Waals surface area contributed by atoms with Gasteiger partial charge in [-0.3, -0.25) is 4.79 Å². The lowest BCUT2D eigenvalue weighted by Crippen LogP contribution is -2.13. The van der Waals surface area contributed by atoms with Crippen LogP contribution in [0.1, 0.15) is 15.9 Å². The zero-order chi connectivity index (χ0) is 14.5. The summed E-state index contributed by atoms with van der Waals surface area (Å²) in [4.78, 5) is 14.0. The maximum Gasteiger partial charge on any atom is 0.255 e. The fourth-order valence-corrected chi connectivity index (χ4v) is 1.89. The maximum atomic E-state index is 13.1. The third-order valence-electron chi connectivity index (χ3n) is 2.80. The summed E-state index contributed by atoms with van der Waals surface area (Å²) in [5.41, 5.74) is 2.17. The summed E-state index contributed by atoms with van der Waals surface area (Å²) in [7, 11) is 4.00. The highest BCUT2D eigenvalue weighted by Gasteiger charge is 2.06. The normalized spacial score (nSPS) is 10.6. The standard InChI is InChI=1S/C16H17FN2O/c1-19(2)11-12-6-8-15(9-7-12)18-16(20)13-4-3-5-14(17)10-13/h3-10H,11H2,1-2H3,(H,18,20). The Morgan fingerprint density at radius 3 is 2.45 bits per heavy atom. The number of carbonyl (C=O) groups excluding carboxylic acids is 1. The van der Waals surface area contributed by atoms with E-state index in [1.807, 2.05) is 38.4 Å². The number of nitrogens with one attached hydrogen (secondary N) is 1. The summed E-state index contributed by atoms with van der Waals surface area (Å²) in [6.45, 7) is 0.845. The Hall–Kier alpha value is -2.20. The molecule has 0 radical (unpaired) electrons. The number of hydrogen-bond acceptors (Lipinski definition) is 2. The minimum Gasteiger partial charge on any atom is -0.322 e. The van der Waals surface area contributed by atoms with Crippen LogP contribution in [0.15, 0.2) is 48.5 Å². The molecule has 104 valence electrons. The van der Waals surface area contributed by atoms with Crippen molar-refractivity contribution in [2.75, 3.05) is 19.4 Å². The Bertz CT molecular complexity index is 594. The molecule has 0 aliphatic rings. The zero-order valence-corrected chi connectivity index (χ0v) is 11.6. The van der Waals surface area contributed by atoms with E-state index in [0.717, 1.165) is 6.54 Å². The van der Waals surface area contributed by atoms with Gasteiger partial charge in [0, 0.05) is 17.8 Å². The van der Waals surface area contributed by atoms with E-state index in [-0.39, 0.29) is 5.91 Å². The van der Waals surface area contributed by atoms with Gasteiger partial charge in [0.25, 0.3) is 5.91 Å². The highest BCUT2D eigenvalue weighted by molar-refractivity contribution is 6.04. The summed E-state index contributed by atoms with van der Waals surface area (Å²) in [5.74, 6) is -0.733. The van der Waals surface area contributed by atoms with E-state index >= 15 is 0 Å². The SMILES string of the molecule is CN(C)Cc1ccc(NC(=O)c2cccc(F)c2)cc1. The number of amides is 1. The average Bonchev–Trinajstić information content (AvgIpc) is 2.40. The molecule has 0 unspecified atom stereocenters. The van der Waals surface area contributed by atoms with Crippen LogP contribution in [0.4, 0.5) is 10.1 Å². The van der Waals surface area contributed by atoms with E-state index in [0.29, 0.717) is 11.3 Å². The minimum atomic E-state index is -0.418. The van der Waals surface area contributed by atoms with Crippen LogP contribution in [0.2, 0.25) is 0 Å². The summed E-state index contributed by atoms with van der Waals surface area (Å²) in [5, 5.41) is 2.75. The van der Waals surface area contributed by atoms with Crippen LogP contribution >= 0.6 is 0 Å². The molecule has 0 aliphatic heterocycles. The van der Waals surface area contributed by atoms with Gasteiger partial charge in [-0.05, 0) is 50.0 Å². The number of nitrogens with zero attached hydrogens (tertiary/aromatic N) is 1. The van der Waals surface area contributed by atoms with Crippen molar-refractivity contribution in [2.45, 2.75) is 6.54 Å². The molecule has 0 saturated heterocycles. The van der Waals surface area contributed by atoms with Crippen LogP contribution in [0.5, 0.6) is 0 Å². The zero-order valence-electron chi connectivity index (χ0n) is 11.6. The molecule has 20 heavy (non-hydrogen) atoms. The summed E-state index contributed by atoms with van der Waals surface area (Å²) < 4.78 is 13.1. The maximum absolute atomic E-state index is 13.1. The Morgan fingerprint density at radius 1 is 1.15 bits per heavy atom. The molecule has 0 fully saturated rings. The lowest BCUT2D eigenvalue weighted by Gasteiger charge is -2.10. The molecule has 2 rings (SSSR count). The van der Waals surface area contributed by atoms with Crippen molar-refractivity contribution in [2.24, 2.45) is 0 Å². The first-order valence-electron chi connectivity index (χ1n) is 6.35. The van der Waals surface area contributed by atoms with Gasteiger partial charge >= 0.3 is 0 Å². The van der Waals surface area contributed by atoms with E-state index in [1.165, 1.54) is 23.8 Å². The average molecular weight is 272 g/mol. The molecule has 0 heterocycles. The Kier molecular flexibility index (Phi) is 4.48. The van der Waals surface area contributed by atoms with Crippen molar-refractivity contribution < 1.29 is 9.18 Å². The first kappa shape index (κ1) is 14.2. The second-order valence-corrected chi connectivity index (χ2v) is 4.90. The van der Waals surface area contributed by atoms with E-state index in [1.54, 1.807) is 6.07 Å². The molecule has 2 aromatic rings. The first-order valence-corrected chi connectivity index (χ1v) is 6.35. The number of anilines is 1. The molecule has 0 saturated carbocycles. The second kappa shape index (κ2) is 6.30. The highest BCUT2D eigenvalue weighted by atomic mass is 19.1. The van der Waals surface area contributed by atoms with Gasteiger partial charge < -0.3 is 10.2 Å². The van der Waals surface area contributed by atoms with Crippen LogP contribution in [0.25, 0.3) is 0 Å². The van der Waals surface area contributed by atoms with Crippen molar-refractivity contribution in [1.29, 1.82) is 0 Å². The molecule has 3 nitrogen and oxygen atoms in total. The highest BCUT2D eigenvalue weighted by Crippen LogP contribution is 2.13. The van der Waals surface area contributed by atoms with E-state index in [4.69, 9.17) is 0 Å². The lowest BCUT2D eigenvalue weighted by atomic mass is 10.1. The molecular formula is C16H17FN2O. The third kappa shape index (κ3) is 3.90. The molecule has 0 atom stereocenters. The quantitative estimate of drug-likeness (QED) is 0.927. The number of halogens is 1. The molecular weight excluding hydrogens is 255 g/mol. The molecule has 0 bridgehead atoms. The van der Waals surface area contributed by atoms with Gasteiger partial charge in [-0.1, -0.05) is 18.2 Å². The summed E-state index contributed by atoms with van der Waals surface area (Å²) in [6.07, 6.45) is 0. The fourth-order valence-electron chi connectivity index (χ4n) is 1.89. The Balaban J connectivity index is 2.04. The van der Waals surface area contributed by atoms with Crippen molar-refractivity contribution in [3.8, 4) is 0 Å². The number of hydrogen-bond donors (Lipinski definition) is 1. The van der Waals surface area contributed by atoms with Gasteiger partial charge in [0.1, 0.15) is 5.82 Å². The molecule has 0 aliphatic carbocycles. The first-order chi connectivity index (χ1) is 9.54. The summed E-state index contributed by atoms with van der Waals surface area (Å²) >= 11 is 0. The van der Waals surface area contributed by atoms with Crippen LogP contribution in [-0.2, 0) is 6.54 Å². The number of rotatable bonds is 4. The van der Waals surface area contributed by atoms with Gasteiger partial charge in [0.15, 0.2) is 0 Å².